The van der Waals surface area contributed by atoms with Crippen LogP contribution < -0.4 is 5.32 Å². The summed E-state index contributed by atoms with van der Waals surface area (Å²) in [5.74, 6) is 0.247. The molecule has 1 N–H and O–H groups in total. The minimum absolute atomic E-state index is 0.247. The summed E-state index contributed by atoms with van der Waals surface area (Å²) in [4.78, 5) is 1.98. The van der Waals surface area contributed by atoms with E-state index in [0.29, 0.717) is 19.0 Å². The van der Waals surface area contributed by atoms with Crippen LogP contribution in [-0.2, 0) is 10.0 Å². The van der Waals surface area contributed by atoms with E-state index in [1.807, 2.05) is 19.0 Å². The molecule has 0 aliphatic rings. The molecule has 6 heteroatoms. The molecule has 0 spiro atoms. The lowest BCUT2D eigenvalue weighted by atomic mass is 10.3. The molecule has 0 saturated heterocycles. The van der Waals surface area contributed by atoms with E-state index in [0.717, 1.165) is 19.5 Å². The van der Waals surface area contributed by atoms with E-state index >= 15 is 0 Å². The lowest BCUT2D eigenvalue weighted by Crippen LogP contribution is -2.35. The van der Waals surface area contributed by atoms with Gasteiger partial charge in [-0.15, -0.1) is 0 Å². The van der Waals surface area contributed by atoms with E-state index in [2.05, 4.69) is 19.2 Å². The number of unbranched alkanes of at least 4 members (excludes halogenated alkanes) is 1. The van der Waals surface area contributed by atoms with Gasteiger partial charge in [-0.05, 0) is 33.5 Å². The third-order valence-corrected chi connectivity index (χ3v) is 4.66. The highest BCUT2D eigenvalue weighted by atomic mass is 32.2. The Morgan fingerprint density at radius 1 is 1.06 bits per heavy atom. The van der Waals surface area contributed by atoms with Gasteiger partial charge in [-0.25, -0.2) is 12.7 Å². The fourth-order valence-corrected chi connectivity index (χ4v) is 2.68. The normalized spacial score (nSPS) is 12.9. The Bertz CT molecular complexity index is 302. The van der Waals surface area contributed by atoms with Crippen molar-refractivity contribution in [3.8, 4) is 0 Å². The molecule has 0 bridgehead atoms. The molecule has 0 aromatic carbocycles. The van der Waals surface area contributed by atoms with Crippen molar-refractivity contribution < 1.29 is 8.42 Å². The van der Waals surface area contributed by atoms with Crippen molar-refractivity contribution in [3.05, 3.63) is 0 Å². The molecule has 5 nitrogen and oxygen atoms in total. The molecule has 0 aromatic rings. The molecule has 0 aliphatic heterocycles. The summed E-state index contributed by atoms with van der Waals surface area (Å²) >= 11 is 0. The number of hydrogen-bond donors (Lipinski definition) is 1. The van der Waals surface area contributed by atoms with Crippen molar-refractivity contribution in [3.63, 3.8) is 0 Å². The molecule has 0 heterocycles. The smallest absolute Gasteiger partial charge is 0.213 e. The number of nitrogens with zero attached hydrogens (tertiary/aromatic N) is 2. The number of rotatable bonds is 10. The standard InChI is InChI=1S/C12H29N3O2S/c1-12(2)13-8-6-7-11-18(16,17)15(5)10-9-14(3)4/h12-13H,6-11H2,1-5H3. The van der Waals surface area contributed by atoms with Gasteiger partial charge in [0.15, 0.2) is 0 Å². The molecule has 110 valence electrons. The first kappa shape index (κ1) is 17.8. The van der Waals surface area contributed by atoms with Gasteiger partial charge in [-0.1, -0.05) is 13.8 Å². The molecule has 0 aliphatic carbocycles. The first-order chi connectivity index (χ1) is 8.25. The van der Waals surface area contributed by atoms with Crippen molar-refractivity contribution >= 4 is 10.0 Å². The highest BCUT2D eigenvalue weighted by molar-refractivity contribution is 7.89. The van der Waals surface area contributed by atoms with Crippen LogP contribution in [0.5, 0.6) is 0 Å². The van der Waals surface area contributed by atoms with E-state index in [1.165, 1.54) is 4.31 Å². The summed E-state index contributed by atoms with van der Waals surface area (Å²) in [6.07, 6.45) is 1.62. The zero-order valence-electron chi connectivity index (χ0n) is 12.4. The van der Waals surface area contributed by atoms with Crippen molar-refractivity contribution in [2.45, 2.75) is 32.7 Å². The largest absolute Gasteiger partial charge is 0.315 e. The topological polar surface area (TPSA) is 52.7 Å². The Labute approximate surface area is 113 Å². The Hall–Kier alpha value is -0.170. The SMILES string of the molecule is CC(C)NCCCCS(=O)(=O)N(C)CCN(C)C. The van der Waals surface area contributed by atoms with Crippen LogP contribution in [0.4, 0.5) is 0 Å². The summed E-state index contributed by atoms with van der Waals surface area (Å²) in [6, 6.07) is 0.462. The van der Waals surface area contributed by atoms with E-state index < -0.39 is 10.0 Å². The molecule has 0 rings (SSSR count). The molecular weight excluding hydrogens is 250 g/mol. The number of sulfonamides is 1. The number of hydrogen-bond acceptors (Lipinski definition) is 4. The van der Waals surface area contributed by atoms with Gasteiger partial charge < -0.3 is 10.2 Å². The van der Waals surface area contributed by atoms with Gasteiger partial charge in [-0.2, -0.15) is 0 Å². The van der Waals surface area contributed by atoms with Gasteiger partial charge in [0, 0.05) is 26.2 Å². The highest BCUT2D eigenvalue weighted by Gasteiger charge is 2.16. The fourth-order valence-electron chi connectivity index (χ4n) is 1.44. The predicted octanol–water partition coefficient (Wildman–Crippen LogP) is 0.588. The van der Waals surface area contributed by atoms with Gasteiger partial charge in [0.25, 0.3) is 0 Å². The molecule has 18 heavy (non-hydrogen) atoms. The van der Waals surface area contributed by atoms with Crippen LogP contribution in [0.2, 0.25) is 0 Å². The van der Waals surface area contributed by atoms with Gasteiger partial charge in [-0.3, -0.25) is 0 Å². The number of likely N-dealkylation sites (N-methyl/N-ethyl adjacent to an activating group) is 2. The minimum Gasteiger partial charge on any atom is -0.315 e. The maximum atomic E-state index is 11.9. The van der Waals surface area contributed by atoms with Crippen LogP contribution in [0.15, 0.2) is 0 Å². The molecule has 0 unspecified atom stereocenters. The van der Waals surface area contributed by atoms with Crippen LogP contribution in [0.3, 0.4) is 0 Å². The van der Waals surface area contributed by atoms with Crippen molar-refractivity contribution in [1.82, 2.24) is 14.5 Å². The monoisotopic (exact) mass is 279 g/mol. The molecule has 0 fully saturated rings. The maximum absolute atomic E-state index is 11.9. The summed E-state index contributed by atoms with van der Waals surface area (Å²) in [6.45, 7) is 6.37. The van der Waals surface area contributed by atoms with Crippen molar-refractivity contribution in [2.24, 2.45) is 0 Å². The van der Waals surface area contributed by atoms with E-state index in [4.69, 9.17) is 0 Å². The summed E-state index contributed by atoms with van der Waals surface area (Å²) in [7, 11) is 2.47. The van der Waals surface area contributed by atoms with Crippen LogP contribution in [0.1, 0.15) is 26.7 Å². The summed E-state index contributed by atoms with van der Waals surface area (Å²) < 4.78 is 25.3. The molecule has 0 saturated carbocycles. The highest BCUT2D eigenvalue weighted by Crippen LogP contribution is 2.02. The van der Waals surface area contributed by atoms with Gasteiger partial charge in [0.2, 0.25) is 10.0 Å². The second-order valence-corrected chi connectivity index (χ2v) is 7.45. The van der Waals surface area contributed by atoms with E-state index in [1.54, 1.807) is 7.05 Å². The lowest BCUT2D eigenvalue weighted by Gasteiger charge is -2.19. The average molecular weight is 279 g/mol. The van der Waals surface area contributed by atoms with Crippen LogP contribution >= 0.6 is 0 Å². The first-order valence-corrected chi connectivity index (χ1v) is 8.18. The zero-order chi connectivity index (χ0) is 14.2. The lowest BCUT2D eigenvalue weighted by molar-refractivity contribution is 0.358. The molecule has 0 aromatic heterocycles. The first-order valence-electron chi connectivity index (χ1n) is 6.58. The summed E-state index contributed by atoms with van der Waals surface area (Å²) in [5.41, 5.74) is 0. The van der Waals surface area contributed by atoms with Crippen LogP contribution in [-0.4, -0.2) is 70.2 Å². The average Bonchev–Trinajstić information content (AvgIpc) is 2.24. The molecule has 0 atom stereocenters. The third-order valence-electron chi connectivity index (χ3n) is 2.72. The Kier molecular flexibility index (Phi) is 8.77. The molecular formula is C12H29N3O2S. The van der Waals surface area contributed by atoms with Gasteiger partial charge >= 0.3 is 0 Å². The second-order valence-electron chi connectivity index (χ2n) is 5.26. The van der Waals surface area contributed by atoms with Gasteiger partial charge in [0.1, 0.15) is 0 Å². The van der Waals surface area contributed by atoms with Crippen molar-refractivity contribution in [1.29, 1.82) is 0 Å². The Balaban J connectivity index is 3.85. The van der Waals surface area contributed by atoms with Gasteiger partial charge in [0.05, 0.1) is 5.75 Å². The van der Waals surface area contributed by atoms with Crippen LogP contribution in [0, 0.1) is 0 Å². The Morgan fingerprint density at radius 3 is 2.17 bits per heavy atom. The molecule has 0 amide bonds. The summed E-state index contributed by atoms with van der Waals surface area (Å²) in [5, 5.41) is 3.29. The zero-order valence-corrected chi connectivity index (χ0v) is 13.3. The second kappa shape index (κ2) is 8.85. The van der Waals surface area contributed by atoms with E-state index in [9.17, 15) is 8.42 Å². The van der Waals surface area contributed by atoms with Crippen molar-refractivity contribution in [2.75, 3.05) is 46.5 Å². The van der Waals surface area contributed by atoms with Crippen LogP contribution in [0.25, 0.3) is 0 Å². The third kappa shape index (κ3) is 8.85. The minimum atomic E-state index is -3.08. The quantitative estimate of drug-likeness (QED) is 0.595. The maximum Gasteiger partial charge on any atom is 0.213 e. The Morgan fingerprint density at radius 2 is 1.67 bits per heavy atom. The number of nitrogens with one attached hydrogen (secondary N) is 1. The predicted molar refractivity (Wildman–Crippen MR) is 77.3 cm³/mol. The molecule has 0 radical (unpaired) electrons. The van der Waals surface area contributed by atoms with E-state index in [-0.39, 0.29) is 5.75 Å². The fraction of sp³-hybridized carbons (Fsp3) is 1.00.